The molecule has 0 aliphatic rings. The Hall–Kier alpha value is -3.99. The second-order valence-corrected chi connectivity index (χ2v) is 11.0. The van der Waals surface area contributed by atoms with E-state index in [2.05, 4.69) is 23.5 Å². The number of rotatable bonds is 12. The summed E-state index contributed by atoms with van der Waals surface area (Å²) in [6.45, 7) is 11.4. The van der Waals surface area contributed by atoms with Crippen molar-refractivity contribution in [3.8, 4) is 18.1 Å². The van der Waals surface area contributed by atoms with Crippen LogP contribution in [0.5, 0.6) is 5.75 Å². The number of nitrogens with one attached hydrogen (secondary N) is 2. The molecule has 2 atom stereocenters. The average molecular weight is 550 g/mol. The number of benzene rings is 2. The Kier molecular flexibility index (Phi) is 12.1. The maximum Gasteiger partial charge on any atom is 0.408 e. The number of nitrogens with zero attached hydrogens (tertiary/aromatic N) is 1. The molecule has 8 nitrogen and oxygen atoms in total. The van der Waals surface area contributed by atoms with E-state index in [0.29, 0.717) is 35.5 Å². The highest BCUT2D eigenvalue weighted by Gasteiger charge is 2.37. The number of ether oxygens (including phenoxy) is 2. The Morgan fingerprint density at radius 3 is 2.12 bits per heavy atom. The minimum absolute atomic E-state index is 0.261. The van der Waals surface area contributed by atoms with Gasteiger partial charge in [-0.25, -0.2) is 4.79 Å². The molecule has 2 unspecified atom stereocenters. The number of unbranched alkanes of at least 4 members (excludes halogenated alkanes) is 2. The van der Waals surface area contributed by atoms with Gasteiger partial charge in [0.15, 0.2) is 0 Å². The van der Waals surface area contributed by atoms with Crippen molar-refractivity contribution in [1.29, 1.82) is 0 Å². The zero-order chi connectivity index (χ0) is 29.9. The van der Waals surface area contributed by atoms with Gasteiger partial charge in [0.1, 0.15) is 23.4 Å². The van der Waals surface area contributed by atoms with Crippen molar-refractivity contribution in [2.45, 2.75) is 78.5 Å². The summed E-state index contributed by atoms with van der Waals surface area (Å²) in [5.74, 6) is 2.23. The Balaban J connectivity index is 2.53. The molecular weight excluding hydrogens is 506 g/mol. The molecule has 0 aliphatic heterocycles. The Labute approximate surface area is 238 Å². The van der Waals surface area contributed by atoms with Gasteiger partial charge in [0.2, 0.25) is 5.91 Å². The molecule has 0 aliphatic carbocycles. The van der Waals surface area contributed by atoms with Gasteiger partial charge < -0.3 is 25.0 Å². The largest absolute Gasteiger partial charge is 0.497 e. The van der Waals surface area contributed by atoms with Gasteiger partial charge in [-0.15, -0.1) is 6.42 Å². The number of carbonyl (C=O) groups is 3. The van der Waals surface area contributed by atoms with Crippen LogP contribution in [0.25, 0.3) is 0 Å². The fourth-order valence-corrected chi connectivity index (χ4v) is 4.14. The summed E-state index contributed by atoms with van der Waals surface area (Å²) in [6, 6.07) is 12.1. The van der Waals surface area contributed by atoms with Crippen molar-refractivity contribution in [3.05, 3.63) is 59.7 Å². The summed E-state index contributed by atoms with van der Waals surface area (Å²) < 4.78 is 10.7. The molecule has 3 amide bonds. The number of anilines is 1. The molecule has 40 heavy (non-hydrogen) atoms. The van der Waals surface area contributed by atoms with Crippen LogP contribution in [0.3, 0.4) is 0 Å². The number of hydrogen-bond donors (Lipinski definition) is 2. The lowest BCUT2D eigenvalue weighted by atomic mass is 9.97. The highest BCUT2D eigenvalue weighted by molar-refractivity contribution is 5.99. The first-order valence-corrected chi connectivity index (χ1v) is 13.7. The summed E-state index contributed by atoms with van der Waals surface area (Å²) in [4.78, 5) is 42.3. The van der Waals surface area contributed by atoms with Gasteiger partial charge in [0, 0.05) is 17.8 Å². The van der Waals surface area contributed by atoms with Crippen LogP contribution in [0.15, 0.2) is 48.5 Å². The molecule has 0 fully saturated rings. The average Bonchev–Trinajstić information content (AvgIpc) is 2.90. The molecule has 0 radical (unpaired) electrons. The predicted octanol–water partition coefficient (Wildman–Crippen LogP) is 5.92. The van der Waals surface area contributed by atoms with Crippen molar-refractivity contribution < 1.29 is 23.9 Å². The first-order valence-electron chi connectivity index (χ1n) is 13.7. The number of carbonyl (C=O) groups excluding carboxylic acids is 3. The van der Waals surface area contributed by atoms with Crippen molar-refractivity contribution in [2.75, 3.05) is 19.0 Å². The zero-order valence-corrected chi connectivity index (χ0v) is 24.7. The van der Waals surface area contributed by atoms with Crippen molar-refractivity contribution in [1.82, 2.24) is 10.2 Å². The molecular formula is C32H43N3O5. The molecule has 8 heteroatoms. The molecule has 0 aromatic heterocycles. The first kappa shape index (κ1) is 32.2. The highest BCUT2D eigenvalue weighted by atomic mass is 16.6. The van der Waals surface area contributed by atoms with E-state index in [0.717, 1.165) is 12.8 Å². The summed E-state index contributed by atoms with van der Waals surface area (Å²) in [5.41, 5.74) is 1.10. The second kappa shape index (κ2) is 15.0. The van der Waals surface area contributed by atoms with Gasteiger partial charge in [-0.1, -0.05) is 51.7 Å². The van der Waals surface area contributed by atoms with Gasteiger partial charge in [-0.3, -0.25) is 9.59 Å². The third-order valence-corrected chi connectivity index (χ3v) is 6.20. The lowest BCUT2D eigenvalue weighted by molar-refractivity contribution is -0.141. The van der Waals surface area contributed by atoms with Gasteiger partial charge >= 0.3 is 6.09 Å². The third kappa shape index (κ3) is 9.64. The number of hydrogen-bond acceptors (Lipinski definition) is 5. The van der Waals surface area contributed by atoms with E-state index < -0.39 is 23.8 Å². The smallest absolute Gasteiger partial charge is 0.408 e. The molecule has 2 aromatic carbocycles. The lowest BCUT2D eigenvalue weighted by Gasteiger charge is -2.35. The quantitative estimate of drug-likeness (QED) is 0.253. The number of terminal acetylenes is 1. The third-order valence-electron chi connectivity index (χ3n) is 6.20. The van der Waals surface area contributed by atoms with Crippen molar-refractivity contribution >= 4 is 23.6 Å². The van der Waals surface area contributed by atoms with E-state index in [9.17, 15) is 14.4 Å². The molecule has 2 N–H and O–H groups in total. The fraction of sp³-hybridized carbons (Fsp3) is 0.469. The normalized spacial score (nSPS) is 12.6. The molecule has 2 aromatic rings. The van der Waals surface area contributed by atoms with Gasteiger partial charge in [-0.2, -0.15) is 0 Å². The number of alkyl carbamates (subject to hydrolysis) is 1. The Morgan fingerprint density at radius 1 is 1.00 bits per heavy atom. The van der Waals surface area contributed by atoms with Gasteiger partial charge in [-0.05, 0) is 75.1 Å². The van der Waals surface area contributed by atoms with Crippen LogP contribution in [0.4, 0.5) is 10.5 Å². The van der Waals surface area contributed by atoms with E-state index in [4.69, 9.17) is 15.9 Å². The highest BCUT2D eigenvalue weighted by Crippen LogP contribution is 2.27. The van der Waals surface area contributed by atoms with E-state index in [1.807, 2.05) is 13.8 Å². The molecule has 0 spiro atoms. The summed E-state index contributed by atoms with van der Waals surface area (Å²) >= 11 is 0. The maximum atomic E-state index is 14.2. The molecule has 0 saturated carbocycles. The number of methoxy groups -OCH3 is 1. The van der Waals surface area contributed by atoms with Crippen molar-refractivity contribution in [2.24, 2.45) is 5.92 Å². The van der Waals surface area contributed by atoms with Crippen molar-refractivity contribution in [3.63, 3.8) is 0 Å². The molecule has 0 saturated heterocycles. The van der Waals surface area contributed by atoms with Crippen LogP contribution in [0, 0.1) is 18.3 Å². The van der Waals surface area contributed by atoms with Crippen LogP contribution < -0.4 is 15.4 Å². The van der Waals surface area contributed by atoms with Crippen LogP contribution in [0.1, 0.15) is 78.0 Å². The topological polar surface area (TPSA) is 97.0 Å². The Morgan fingerprint density at radius 2 is 1.62 bits per heavy atom. The first-order chi connectivity index (χ1) is 18.9. The summed E-state index contributed by atoms with van der Waals surface area (Å²) in [5, 5.41) is 5.69. The van der Waals surface area contributed by atoms with E-state index in [1.165, 1.54) is 0 Å². The SMILES string of the molecule is C#Cc1ccc(C(C(=O)Nc2ccc(OC)cc2)N(CCCCC)C(=O)C(NC(=O)OC(C)(C)C)C(C)C)cc1. The van der Waals surface area contributed by atoms with Crippen LogP contribution in [-0.2, 0) is 14.3 Å². The van der Waals surface area contributed by atoms with E-state index >= 15 is 0 Å². The van der Waals surface area contributed by atoms with E-state index in [-0.39, 0.29) is 17.7 Å². The maximum absolute atomic E-state index is 14.2. The summed E-state index contributed by atoms with van der Waals surface area (Å²) in [7, 11) is 1.57. The molecule has 2 rings (SSSR count). The minimum Gasteiger partial charge on any atom is -0.497 e. The molecule has 0 bridgehead atoms. The van der Waals surface area contributed by atoms with Crippen LogP contribution in [-0.4, -0.2) is 48.1 Å². The number of amides is 3. The zero-order valence-electron chi connectivity index (χ0n) is 24.7. The molecule has 216 valence electrons. The van der Waals surface area contributed by atoms with E-state index in [1.54, 1.807) is 81.3 Å². The van der Waals surface area contributed by atoms with Gasteiger partial charge in [0.05, 0.1) is 7.11 Å². The standard InChI is InChI=1S/C32H43N3O5/c1-9-11-12-21-35(30(37)27(22(3)4)34-31(38)40-32(5,6)7)28(24-15-13-23(10-2)14-16-24)29(36)33-25-17-19-26(39-8)20-18-25/h2,13-20,22,27-28H,9,11-12,21H2,1,3-8H3,(H,33,36)(H,34,38). The predicted molar refractivity (Wildman–Crippen MR) is 158 cm³/mol. The summed E-state index contributed by atoms with van der Waals surface area (Å²) in [6.07, 6.45) is 7.37. The fourth-order valence-electron chi connectivity index (χ4n) is 4.14. The van der Waals surface area contributed by atoms with Crippen LogP contribution >= 0.6 is 0 Å². The Bertz CT molecular complexity index is 1160. The molecule has 0 heterocycles. The lowest BCUT2D eigenvalue weighted by Crippen LogP contribution is -2.54. The monoisotopic (exact) mass is 549 g/mol. The second-order valence-electron chi connectivity index (χ2n) is 11.0. The van der Waals surface area contributed by atoms with Gasteiger partial charge in [0.25, 0.3) is 5.91 Å². The minimum atomic E-state index is -0.972. The van der Waals surface area contributed by atoms with Crippen LogP contribution in [0.2, 0.25) is 0 Å².